The van der Waals surface area contributed by atoms with Gasteiger partial charge in [-0.05, 0) is 59.2 Å². The van der Waals surface area contributed by atoms with E-state index in [4.69, 9.17) is 19.2 Å². The Morgan fingerprint density at radius 1 is 0.622 bits per heavy atom. The highest BCUT2D eigenvalue weighted by Gasteiger charge is 2.12. The zero-order chi connectivity index (χ0) is 26.6. The third-order valence-electron chi connectivity index (χ3n) is 7.03. The van der Waals surface area contributed by atoms with Gasteiger partial charge in [-0.25, -0.2) is 0 Å². The summed E-state index contributed by atoms with van der Waals surface area (Å²) in [6.07, 6.45) is 3.29. The lowest BCUT2D eigenvalue weighted by atomic mass is 10.0. The minimum absolute atomic E-state index is 0.488. The van der Waals surface area contributed by atoms with Crippen LogP contribution in [-0.2, 0) is 11.3 Å². The normalized spacial score (nSPS) is 13.7. The fraction of sp³-hybridized carbons (Fsp3) is 0.485. The van der Waals surface area contributed by atoms with Crippen molar-refractivity contribution in [3.63, 3.8) is 0 Å². The Bertz CT molecular complexity index is 1100. The van der Waals surface area contributed by atoms with Crippen molar-refractivity contribution in [2.45, 2.75) is 67.4 Å². The third-order valence-corrected chi connectivity index (χ3v) is 7.03. The average molecular weight is 504 g/mol. The topological polar surface area (TPSA) is 40.6 Å². The smallest absolute Gasteiger partial charge is 0.161 e. The number of hydrogen-bond donors (Lipinski definition) is 0. The predicted octanol–water partition coefficient (Wildman–Crippen LogP) is 8.83. The lowest BCUT2D eigenvalue weighted by Gasteiger charge is -2.18. The van der Waals surface area contributed by atoms with Gasteiger partial charge in [0.25, 0.3) is 0 Å². The lowest BCUT2D eigenvalue weighted by molar-refractivity contribution is 0.0889. The Kier molecular flexibility index (Phi) is 11.5. The van der Waals surface area contributed by atoms with Gasteiger partial charge >= 0.3 is 0 Å². The molecule has 3 rings (SSSR count). The van der Waals surface area contributed by atoms with Gasteiger partial charge in [0, 0.05) is 12.2 Å². The van der Waals surface area contributed by atoms with Gasteiger partial charge in [-0.1, -0.05) is 91.1 Å². The maximum atomic E-state index is 6.26. The molecular formula is C33H45NO3. The Morgan fingerprint density at radius 3 is 1.92 bits per heavy atom. The van der Waals surface area contributed by atoms with E-state index in [0.29, 0.717) is 37.6 Å². The predicted molar refractivity (Wildman–Crippen MR) is 154 cm³/mol. The van der Waals surface area contributed by atoms with E-state index in [2.05, 4.69) is 90.1 Å². The molecule has 0 fully saturated rings. The van der Waals surface area contributed by atoms with Gasteiger partial charge in [0.2, 0.25) is 0 Å². The van der Waals surface area contributed by atoms with Crippen molar-refractivity contribution in [2.24, 2.45) is 17.8 Å². The Morgan fingerprint density at radius 2 is 1.22 bits per heavy atom. The minimum Gasteiger partial charge on any atom is -0.489 e. The molecule has 0 amide bonds. The van der Waals surface area contributed by atoms with Crippen LogP contribution in [0.5, 0.6) is 11.5 Å². The minimum atomic E-state index is 0.488. The molecule has 1 heterocycles. The Labute approximate surface area is 224 Å². The molecule has 0 bridgehead atoms. The summed E-state index contributed by atoms with van der Waals surface area (Å²) in [5.41, 5.74) is 5.22. The first-order chi connectivity index (χ1) is 17.9. The molecule has 0 saturated carbocycles. The molecule has 0 spiro atoms. The first-order valence-electron chi connectivity index (χ1n) is 14.0. The quantitative estimate of drug-likeness (QED) is 0.208. The molecule has 0 aliphatic rings. The second-order valence-corrected chi connectivity index (χ2v) is 10.4. The van der Waals surface area contributed by atoms with Gasteiger partial charge in [0.05, 0.1) is 31.2 Å². The van der Waals surface area contributed by atoms with E-state index in [1.807, 2.05) is 12.1 Å². The molecule has 2 aromatic carbocycles. The number of aromatic nitrogens is 1. The fourth-order valence-electron chi connectivity index (χ4n) is 3.68. The van der Waals surface area contributed by atoms with Crippen LogP contribution in [0, 0.1) is 17.8 Å². The van der Waals surface area contributed by atoms with Gasteiger partial charge < -0.3 is 14.2 Å². The van der Waals surface area contributed by atoms with Crippen LogP contribution in [0.15, 0.2) is 60.7 Å². The van der Waals surface area contributed by atoms with Crippen LogP contribution in [0.4, 0.5) is 0 Å². The van der Waals surface area contributed by atoms with E-state index in [1.54, 1.807) is 0 Å². The number of hydrogen-bond acceptors (Lipinski definition) is 4. The largest absolute Gasteiger partial charge is 0.489 e. The number of benzene rings is 2. The monoisotopic (exact) mass is 503 g/mol. The summed E-state index contributed by atoms with van der Waals surface area (Å²) in [7, 11) is 0. The zero-order valence-electron chi connectivity index (χ0n) is 23.6. The molecule has 0 radical (unpaired) electrons. The van der Waals surface area contributed by atoms with Crippen molar-refractivity contribution in [3.05, 3.63) is 66.4 Å². The summed E-state index contributed by atoms with van der Waals surface area (Å²) in [6.45, 7) is 15.9. The Hall–Kier alpha value is -2.85. The summed E-state index contributed by atoms with van der Waals surface area (Å²) in [4.78, 5) is 4.87. The van der Waals surface area contributed by atoms with Gasteiger partial charge in [-0.2, -0.15) is 0 Å². The molecule has 3 atom stereocenters. The first-order valence-corrected chi connectivity index (χ1v) is 14.0. The summed E-state index contributed by atoms with van der Waals surface area (Å²) in [6, 6.07) is 21.0. The van der Waals surface area contributed by atoms with Crippen molar-refractivity contribution in [1.29, 1.82) is 0 Å². The molecule has 0 aliphatic heterocycles. The van der Waals surface area contributed by atoms with E-state index in [-0.39, 0.29) is 0 Å². The Balaban J connectivity index is 1.82. The number of nitrogens with zero attached hydrogens (tertiary/aromatic N) is 1. The lowest BCUT2D eigenvalue weighted by Crippen LogP contribution is -2.11. The van der Waals surface area contributed by atoms with E-state index >= 15 is 0 Å². The summed E-state index contributed by atoms with van der Waals surface area (Å²) < 4.78 is 18.3. The van der Waals surface area contributed by atoms with Crippen molar-refractivity contribution < 1.29 is 14.2 Å². The second kappa shape index (κ2) is 14.8. The molecule has 3 unspecified atom stereocenters. The highest BCUT2D eigenvalue weighted by atomic mass is 16.5. The van der Waals surface area contributed by atoms with E-state index in [9.17, 15) is 0 Å². The summed E-state index contributed by atoms with van der Waals surface area (Å²) in [5.74, 6) is 3.18. The van der Waals surface area contributed by atoms with Crippen molar-refractivity contribution in [1.82, 2.24) is 4.98 Å². The fourth-order valence-corrected chi connectivity index (χ4v) is 3.68. The van der Waals surface area contributed by atoms with Crippen molar-refractivity contribution in [3.8, 4) is 33.9 Å². The highest BCUT2D eigenvalue weighted by molar-refractivity contribution is 5.73. The SMILES string of the molecule is CCC(C)COCc1cccc(-c2cccc(-c3ccc(OCC(C)CC)c(OCC(C)CC)c3)c2)n1. The van der Waals surface area contributed by atoms with Crippen molar-refractivity contribution >= 4 is 0 Å². The van der Waals surface area contributed by atoms with Crippen molar-refractivity contribution in [2.75, 3.05) is 19.8 Å². The summed E-state index contributed by atoms with van der Waals surface area (Å²) >= 11 is 0. The molecule has 4 nitrogen and oxygen atoms in total. The van der Waals surface area contributed by atoms with Gasteiger partial charge in [-0.15, -0.1) is 0 Å². The van der Waals surface area contributed by atoms with Crippen LogP contribution in [0.2, 0.25) is 0 Å². The van der Waals surface area contributed by atoms with Crippen LogP contribution < -0.4 is 9.47 Å². The van der Waals surface area contributed by atoms with Crippen LogP contribution in [0.25, 0.3) is 22.4 Å². The molecule has 0 saturated heterocycles. The molecule has 200 valence electrons. The maximum Gasteiger partial charge on any atom is 0.161 e. The number of ether oxygens (including phenoxy) is 3. The number of rotatable bonds is 15. The molecule has 37 heavy (non-hydrogen) atoms. The third kappa shape index (κ3) is 8.89. The standard InChI is InChI=1S/C33H45NO3/c1-7-24(4)20-35-23-30-14-11-15-31(34-30)29-13-10-12-27(18-29)28-16-17-32(36-21-25(5)8-2)33(19-28)37-22-26(6)9-3/h10-19,24-26H,7-9,20-23H2,1-6H3. The molecule has 0 aliphatic carbocycles. The van der Waals surface area contributed by atoms with Crippen LogP contribution in [-0.4, -0.2) is 24.8 Å². The highest BCUT2D eigenvalue weighted by Crippen LogP contribution is 2.35. The average Bonchev–Trinajstić information content (AvgIpc) is 2.94. The molecule has 3 aromatic rings. The van der Waals surface area contributed by atoms with E-state index < -0.39 is 0 Å². The molecule has 4 heteroatoms. The van der Waals surface area contributed by atoms with E-state index in [0.717, 1.165) is 65.4 Å². The molecule has 1 aromatic heterocycles. The van der Waals surface area contributed by atoms with Gasteiger partial charge in [0.1, 0.15) is 0 Å². The van der Waals surface area contributed by atoms with Gasteiger partial charge in [-0.3, -0.25) is 4.98 Å². The zero-order valence-corrected chi connectivity index (χ0v) is 23.6. The van der Waals surface area contributed by atoms with E-state index in [1.165, 1.54) is 0 Å². The first kappa shape index (κ1) is 28.7. The molecular weight excluding hydrogens is 458 g/mol. The van der Waals surface area contributed by atoms with Crippen LogP contribution >= 0.6 is 0 Å². The maximum absolute atomic E-state index is 6.26. The van der Waals surface area contributed by atoms with Crippen LogP contribution in [0.3, 0.4) is 0 Å². The number of pyridine rings is 1. The van der Waals surface area contributed by atoms with Crippen LogP contribution in [0.1, 0.15) is 66.5 Å². The molecule has 0 N–H and O–H groups in total. The summed E-state index contributed by atoms with van der Waals surface area (Å²) in [5, 5.41) is 0. The second-order valence-electron chi connectivity index (χ2n) is 10.4. The van der Waals surface area contributed by atoms with Gasteiger partial charge in [0.15, 0.2) is 11.5 Å².